The van der Waals surface area contributed by atoms with E-state index in [4.69, 9.17) is 0 Å². The summed E-state index contributed by atoms with van der Waals surface area (Å²) in [4.78, 5) is 4.35. The van der Waals surface area contributed by atoms with E-state index in [1.54, 1.807) is 26.1 Å². The Morgan fingerprint density at radius 2 is 1.74 bits per heavy atom. The number of rotatable bonds is 4. The van der Waals surface area contributed by atoms with Gasteiger partial charge in [0.2, 0.25) is 0 Å². The normalized spacial score (nSPS) is 11.4. The number of nitrogens with zero attached hydrogens (tertiary/aromatic N) is 2. The largest absolute Gasteiger partial charge is 0.281 e. The average Bonchev–Trinajstić information content (AvgIpc) is 2.88. The van der Waals surface area contributed by atoms with Crippen molar-refractivity contribution in [2.75, 3.05) is 4.72 Å². The molecule has 1 aromatic carbocycles. The number of sulfonamides is 1. The van der Waals surface area contributed by atoms with Crippen LogP contribution < -0.4 is 4.72 Å². The van der Waals surface area contributed by atoms with Crippen LogP contribution in [0.3, 0.4) is 0 Å². The minimum atomic E-state index is -3.72. The molecule has 0 aliphatic heterocycles. The zero-order valence-corrected chi connectivity index (χ0v) is 13.6. The standard InChI is InChI=1S/C16H16N4O2S/c1-11-16(12(2)19-18-11)23(21,22)20-15-9-8-14(10-17-15)13-6-4-3-5-7-13/h3-10H,1-2H3,(H,17,20)(H,18,19). The molecule has 118 valence electrons. The minimum absolute atomic E-state index is 0.159. The fraction of sp³-hybridized carbons (Fsp3) is 0.125. The van der Waals surface area contributed by atoms with Crippen molar-refractivity contribution in [2.24, 2.45) is 0 Å². The predicted octanol–water partition coefficient (Wildman–Crippen LogP) is 2.89. The van der Waals surface area contributed by atoms with E-state index in [2.05, 4.69) is 19.9 Å². The number of benzene rings is 1. The van der Waals surface area contributed by atoms with Gasteiger partial charge in [0.05, 0.1) is 11.4 Å². The van der Waals surface area contributed by atoms with E-state index in [9.17, 15) is 8.42 Å². The van der Waals surface area contributed by atoms with E-state index in [1.165, 1.54) is 0 Å². The van der Waals surface area contributed by atoms with Crippen molar-refractivity contribution in [3.8, 4) is 11.1 Å². The number of aromatic nitrogens is 3. The summed E-state index contributed by atoms with van der Waals surface area (Å²) in [6.07, 6.45) is 1.64. The monoisotopic (exact) mass is 328 g/mol. The van der Waals surface area contributed by atoms with E-state index in [1.807, 2.05) is 36.4 Å². The summed E-state index contributed by atoms with van der Waals surface area (Å²) < 4.78 is 27.4. The third-order valence-electron chi connectivity index (χ3n) is 3.44. The van der Waals surface area contributed by atoms with Crippen molar-refractivity contribution in [3.05, 3.63) is 60.0 Å². The maximum Gasteiger partial charge on any atom is 0.266 e. The lowest BCUT2D eigenvalue weighted by Crippen LogP contribution is -2.15. The van der Waals surface area contributed by atoms with Gasteiger partial charge >= 0.3 is 0 Å². The van der Waals surface area contributed by atoms with Crippen LogP contribution in [0.4, 0.5) is 5.82 Å². The molecule has 0 amide bonds. The van der Waals surface area contributed by atoms with E-state index in [0.717, 1.165) is 11.1 Å². The SMILES string of the molecule is Cc1n[nH]c(C)c1S(=O)(=O)Nc1ccc(-c2ccccc2)cn1. The first-order chi connectivity index (χ1) is 11.0. The van der Waals surface area contributed by atoms with Crippen LogP contribution in [0, 0.1) is 13.8 Å². The molecule has 6 nitrogen and oxygen atoms in total. The van der Waals surface area contributed by atoms with Crippen LogP contribution in [-0.4, -0.2) is 23.6 Å². The highest BCUT2D eigenvalue weighted by atomic mass is 32.2. The van der Waals surface area contributed by atoms with Crippen molar-refractivity contribution in [1.29, 1.82) is 0 Å². The molecule has 7 heteroatoms. The van der Waals surface area contributed by atoms with Crippen molar-refractivity contribution >= 4 is 15.8 Å². The number of aromatic amines is 1. The summed E-state index contributed by atoms with van der Waals surface area (Å²) in [7, 11) is -3.72. The van der Waals surface area contributed by atoms with Crippen LogP contribution in [0.1, 0.15) is 11.4 Å². The summed E-state index contributed by atoms with van der Waals surface area (Å²) in [5, 5.41) is 6.58. The second-order valence-electron chi connectivity index (χ2n) is 5.17. The molecule has 0 spiro atoms. The molecule has 0 saturated carbocycles. The Morgan fingerprint density at radius 1 is 1.00 bits per heavy atom. The first-order valence-corrected chi connectivity index (χ1v) is 8.51. The molecule has 2 heterocycles. The smallest absolute Gasteiger partial charge is 0.266 e. The highest BCUT2D eigenvalue weighted by molar-refractivity contribution is 7.92. The molecule has 0 radical (unpaired) electrons. The van der Waals surface area contributed by atoms with Gasteiger partial charge in [-0.15, -0.1) is 0 Å². The predicted molar refractivity (Wildman–Crippen MR) is 88.5 cm³/mol. The Kier molecular flexibility index (Phi) is 3.87. The van der Waals surface area contributed by atoms with Gasteiger partial charge in [-0.1, -0.05) is 30.3 Å². The van der Waals surface area contributed by atoms with Crippen LogP contribution in [0.2, 0.25) is 0 Å². The fourth-order valence-corrected chi connectivity index (χ4v) is 3.76. The molecular weight excluding hydrogens is 312 g/mol. The zero-order valence-electron chi connectivity index (χ0n) is 12.7. The number of hydrogen-bond acceptors (Lipinski definition) is 4. The number of nitrogens with one attached hydrogen (secondary N) is 2. The Labute approximate surface area is 134 Å². The van der Waals surface area contributed by atoms with Crippen molar-refractivity contribution < 1.29 is 8.42 Å². The lowest BCUT2D eigenvalue weighted by molar-refractivity contribution is 0.600. The van der Waals surface area contributed by atoms with Crippen LogP contribution in [0.25, 0.3) is 11.1 Å². The molecule has 0 aliphatic carbocycles. The van der Waals surface area contributed by atoms with Gasteiger partial charge in [-0.25, -0.2) is 13.4 Å². The number of pyridine rings is 1. The number of aryl methyl sites for hydroxylation is 2. The lowest BCUT2D eigenvalue weighted by atomic mass is 10.1. The first-order valence-electron chi connectivity index (χ1n) is 7.03. The van der Waals surface area contributed by atoms with Crippen LogP contribution in [-0.2, 0) is 10.0 Å². The molecule has 0 aliphatic rings. The van der Waals surface area contributed by atoms with Gasteiger partial charge in [-0.05, 0) is 31.5 Å². The summed E-state index contributed by atoms with van der Waals surface area (Å²) in [5.41, 5.74) is 2.87. The zero-order chi connectivity index (χ0) is 16.4. The Balaban J connectivity index is 1.87. The molecular formula is C16H16N4O2S. The second kappa shape index (κ2) is 5.85. The van der Waals surface area contributed by atoms with Gasteiger partial charge in [-0.2, -0.15) is 5.10 Å². The number of hydrogen-bond donors (Lipinski definition) is 2. The van der Waals surface area contributed by atoms with Gasteiger partial charge in [0.1, 0.15) is 10.7 Å². The summed E-state index contributed by atoms with van der Waals surface area (Å²) in [5.74, 6) is 0.268. The van der Waals surface area contributed by atoms with Gasteiger partial charge < -0.3 is 0 Å². The topological polar surface area (TPSA) is 87.7 Å². The van der Waals surface area contributed by atoms with Crippen LogP contribution in [0.5, 0.6) is 0 Å². The summed E-state index contributed by atoms with van der Waals surface area (Å²) in [6.45, 7) is 3.31. The Bertz CT molecular complexity index is 897. The molecule has 2 aromatic heterocycles. The average molecular weight is 328 g/mol. The van der Waals surface area contributed by atoms with Gasteiger partial charge in [0.25, 0.3) is 10.0 Å². The Morgan fingerprint density at radius 3 is 2.30 bits per heavy atom. The van der Waals surface area contributed by atoms with E-state index < -0.39 is 10.0 Å². The maximum absolute atomic E-state index is 12.4. The molecule has 0 fully saturated rings. The van der Waals surface area contributed by atoms with Crippen molar-refractivity contribution in [1.82, 2.24) is 15.2 Å². The van der Waals surface area contributed by atoms with E-state index in [-0.39, 0.29) is 10.7 Å². The molecule has 2 N–H and O–H groups in total. The molecule has 3 aromatic rings. The summed E-state index contributed by atoms with van der Waals surface area (Å²) in [6, 6.07) is 13.2. The third-order valence-corrected chi connectivity index (χ3v) is 5.06. The molecule has 0 atom stereocenters. The Hall–Kier alpha value is -2.67. The van der Waals surface area contributed by atoms with Gasteiger partial charge in [0, 0.05) is 11.8 Å². The molecule has 23 heavy (non-hydrogen) atoms. The highest BCUT2D eigenvalue weighted by Gasteiger charge is 2.22. The van der Waals surface area contributed by atoms with Crippen molar-refractivity contribution in [2.45, 2.75) is 18.7 Å². The fourth-order valence-electron chi connectivity index (χ4n) is 2.38. The van der Waals surface area contributed by atoms with Gasteiger partial charge in [0.15, 0.2) is 0 Å². The molecule has 3 rings (SSSR count). The quantitative estimate of drug-likeness (QED) is 0.771. The number of anilines is 1. The third kappa shape index (κ3) is 3.09. The molecule has 0 bridgehead atoms. The van der Waals surface area contributed by atoms with Crippen LogP contribution >= 0.6 is 0 Å². The molecule has 0 saturated heterocycles. The first kappa shape index (κ1) is 15.2. The molecule has 0 unspecified atom stereocenters. The minimum Gasteiger partial charge on any atom is -0.281 e. The summed E-state index contributed by atoms with van der Waals surface area (Å²) >= 11 is 0. The lowest BCUT2D eigenvalue weighted by Gasteiger charge is -2.08. The second-order valence-corrected chi connectivity index (χ2v) is 6.79. The highest BCUT2D eigenvalue weighted by Crippen LogP contribution is 2.22. The number of H-pyrrole nitrogens is 1. The van der Waals surface area contributed by atoms with Gasteiger partial charge in [-0.3, -0.25) is 9.82 Å². The van der Waals surface area contributed by atoms with E-state index in [0.29, 0.717) is 11.4 Å². The van der Waals surface area contributed by atoms with Crippen LogP contribution in [0.15, 0.2) is 53.6 Å². The maximum atomic E-state index is 12.4. The van der Waals surface area contributed by atoms with E-state index >= 15 is 0 Å². The van der Waals surface area contributed by atoms with Crippen molar-refractivity contribution in [3.63, 3.8) is 0 Å².